The first kappa shape index (κ1) is 13.7. The molecule has 0 saturated heterocycles. The summed E-state index contributed by atoms with van der Waals surface area (Å²) in [6.07, 6.45) is 3.10. The molecule has 0 radical (unpaired) electrons. The normalized spacial score (nSPS) is 12.4. The van der Waals surface area contributed by atoms with Gasteiger partial charge in [-0.2, -0.15) is 12.6 Å². The number of ether oxygens (including phenoxy) is 1. The van der Waals surface area contributed by atoms with E-state index in [9.17, 15) is 0 Å². The molecule has 0 aliphatic rings. The molecule has 0 saturated carbocycles. The molecule has 0 aromatic heterocycles. The Balaban J connectivity index is 2.09. The minimum absolute atomic E-state index is 0.207. The van der Waals surface area contributed by atoms with Crippen LogP contribution in [0.25, 0.3) is 0 Å². The second-order valence-electron chi connectivity index (χ2n) is 3.74. The van der Waals surface area contributed by atoms with E-state index in [4.69, 9.17) is 22.1 Å². The SMILES string of the molecule is N[C@H](CS)CCCCOc1ccc(Cl)cc1. The van der Waals surface area contributed by atoms with E-state index < -0.39 is 0 Å². The summed E-state index contributed by atoms with van der Waals surface area (Å²) in [6, 6.07) is 7.62. The van der Waals surface area contributed by atoms with Gasteiger partial charge in [0.05, 0.1) is 6.61 Å². The first-order valence-corrected chi connectivity index (χ1v) is 6.48. The molecular formula is C12H18ClNOS. The van der Waals surface area contributed by atoms with Gasteiger partial charge in [-0.3, -0.25) is 0 Å². The molecule has 1 rings (SSSR count). The van der Waals surface area contributed by atoms with Gasteiger partial charge < -0.3 is 10.5 Å². The zero-order valence-corrected chi connectivity index (χ0v) is 10.9. The lowest BCUT2D eigenvalue weighted by Gasteiger charge is -2.08. The molecule has 0 heterocycles. The van der Waals surface area contributed by atoms with Crippen LogP contribution in [0.1, 0.15) is 19.3 Å². The minimum atomic E-state index is 0.207. The highest BCUT2D eigenvalue weighted by atomic mass is 35.5. The smallest absolute Gasteiger partial charge is 0.119 e. The molecule has 0 bridgehead atoms. The molecule has 16 heavy (non-hydrogen) atoms. The molecule has 2 nitrogen and oxygen atoms in total. The minimum Gasteiger partial charge on any atom is -0.494 e. The van der Waals surface area contributed by atoms with Gasteiger partial charge in [0.1, 0.15) is 5.75 Å². The van der Waals surface area contributed by atoms with Gasteiger partial charge in [-0.05, 0) is 43.5 Å². The molecule has 1 aromatic carbocycles. The maximum atomic E-state index is 5.77. The largest absolute Gasteiger partial charge is 0.494 e. The van der Waals surface area contributed by atoms with Crippen molar-refractivity contribution in [2.45, 2.75) is 25.3 Å². The highest BCUT2D eigenvalue weighted by Gasteiger charge is 1.99. The van der Waals surface area contributed by atoms with Crippen molar-refractivity contribution < 1.29 is 4.74 Å². The average molecular weight is 260 g/mol. The van der Waals surface area contributed by atoms with Crippen LogP contribution < -0.4 is 10.5 Å². The third-order valence-electron chi connectivity index (χ3n) is 2.29. The molecule has 2 N–H and O–H groups in total. The summed E-state index contributed by atoms with van der Waals surface area (Å²) in [6.45, 7) is 0.723. The Morgan fingerprint density at radius 1 is 1.25 bits per heavy atom. The van der Waals surface area contributed by atoms with Crippen molar-refractivity contribution in [2.24, 2.45) is 5.73 Å². The average Bonchev–Trinajstić information content (AvgIpc) is 2.31. The predicted molar refractivity (Wildman–Crippen MR) is 72.6 cm³/mol. The summed E-state index contributed by atoms with van der Waals surface area (Å²) >= 11 is 9.91. The first-order chi connectivity index (χ1) is 7.72. The Kier molecular flexibility index (Phi) is 6.69. The second-order valence-corrected chi connectivity index (χ2v) is 4.54. The van der Waals surface area contributed by atoms with Crippen molar-refractivity contribution in [3.63, 3.8) is 0 Å². The van der Waals surface area contributed by atoms with Crippen LogP contribution >= 0.6 is 24.2 Å². The molecule has 0 spiro atoms. The number of benzene rings is 1. The summed E-state index contributed by atoms with van der Waals surface area (Å²) in [7, 11) is 0. The molecule has 0 amide bonds. The molecule has 4 heteroatoms. The molecule has 0 fully saturated rings. The Morgan fingerprint density at radius 3 is 2.56 bits per heavy atom. The number of hydrogen-bond donors (Lipinski definition) is 2. The van der Waals surface area contributed by atoms with Gasteiger partial charge in [-0.1, -0.05) is 11.6 Å². The number of thiol groups is 1. The Bertz CT molecular complexity index is 292. The Hall–Kier alpha value is -0.380. The summed E-state index contributed by atoms with van der Waals surface area (Å²) in [4.78, 5) is 0. The lowest BCUT2D eigenvalue weighted by Crippen LogP contribution is -2.21. The van der Waals surface area contributed by atoms with Crippen molar-refractivity contribution in [2.75, 3.05) is 12.4 Å². The van der Waals surface area contributed by atoms with Gasteiger partial charge in [-0.25, -0.2) is 0 Å². The fourth-order valence-corrected chi connectivity index (χ4v) is 1.63. The van der Waals surface area contributed by atoms with E-state index in [0.717, 1.165) is 42.4 Å². The van der Waals surface area contributed by atoms with Gasteiger partial charge in [-0.15, -0.1) is 0 Å². The Morgan fingerprint density at radius 2 is 1.94 bits per heavy atom. The quantitative estimate of drug-likeness (QED) is 0.583. The van der Waals surface area contributed by atoms with Crippen molar-refractivity contribution in [3.05, 3.63) is 29.3 Å². The molecule has 1 atom stereocenters. The van der Waals surface area contributed by atoms with E-state index >= 15 is 0 Å². The van der Waals surface area contributed by atoms with Crippen LogP contribution in [-0.4, -0.2) is 18.4 Å². The topological polar surface area (TPSA) is 35.2 Å². The van der Waals surface area contributed by atoms with Crippen LogP contribution in [0.5, 0.6) is 5.75 Å². The molecule has 90 valence electrons. The van der Waals surface area contributed by atoms with Crippen LogP contribution in [0.2, 0.25) is 5.02 Å². The molecule has 1 aromatic rings. The number of nitrogens with two attached hydrogens (primary N) is 1. The highest BCUT2D eigenvalue weighted by Crippen LogP contribution is 2.15. The van der Waals surface area contributed by atoms with Gasteiger partial charge in [0, 0.05) is 16.8 Å². The van der Waals surface area contributed by atoms with Crippen molar-refractivity contribution in [1.29, 1.82) is 0 Å². The third kappa shape index (κ3) is 5.64. The van der Waals surface area contributed by atoms with E-state index in [1.54, 1.807) is 0 Å². The van der Waals surface area contributed by atoms with Gasteiger partial charge >= 0.3 is 0 Å². The van der Waals surface area contributed by atoms with Crippen molar-refractivity contribution in [3.8, 4) is 5.75 Å². The maximum Gasteiger partial charge on any atom is 0.119 e. The zero-order valence-electron chi connectivity index (χ0n) is 9.23. The third-order valence-corrected chi connectivity index (χ3v) is 3.01. The number of hydrogen-bond acceptors (Lipinski definition) is 3. The van der Waals surface area contributed by atoms with Crippen molar-refractivity contribution >= 4 is 24.2 Å². The number of unbranched alkanes of at least 4 members (excludes halogenated alkanes) is 1. The molecule has 0 aliphatic carbocycles. The van der Waals surface area contributed by atoms with Gasteiger partial charge in [0.15, 0.2) is 0 Å². The van der Waals surface area contributed by atoms with E-state index in [2.05, 4.69) is 12.6 Å². The Labute approximate surface area is 108 Å². The van der Waals surface area contributed by atoms with Crippen LogP contribution in [-0.2, 0) is 0 Å². The predicted octanol–water partition coefficient (Wildman–Crippen LogP) is 3.15. The van der Waals surface area contributed by atoms with E-state index in [0.29, 0.717) is 0 Å². The van der Waals surface area contributed by atoms with Crippen molar-refractivity contribution in [1.82, 2.24) is 0 Å². The van der Waals surface area contributed by atoms with Crippen LogP contribution in [0.15, 0.2) is 24.3 Å². The summed E-state index contributed by atoms with van der Waals surface area (Å²) in [5, 5.41) is 0.729. The van der Waals surface area contributed by atoms with Gasteiger partial charge in [0.2, 0.25) is 0 Å². The molecule has 0 aliphatic heterocycles. The fraction of sp³-hybridized carbons (Fsp3) is 0.500. The molecular weight excluding hydrogens is 242 g/mol. The number of rotatable bonds is 7. The fourth-order valence-electron chi connectivity index (χ4n) is 1.32. The summed E-state index contributed by atoms with van der Waals surface area (Å²) < 4.78 is 5.56. The highest BCUT2D eigenvalue weighted by molar-refractivity contribution is 7.80. The summed E-state index contributed by atoms with van der Waals surface area (Å²) in [5.41, 5.74) is 5.75. The lowest BCUT2D eigenvalue weighted by molar-refractivity contribution is 0.304. The summed E-state index contributed by atoms with van der Waals surface area (Å²) in [5.74, 6) is 1.61. The van der Waals surface area contributed by atoms with Crippen LogP contribution in [0.4, 0.5) is 0 Å². The monoisotopic (exact) mass is 259 g/mol. The van der Waals surface area contributed by atoms with Crippen LogP contribution in [0, 0.1) is 0 Å². The number of halogens is 1. The zero-order chi connectivity index (χ0) is 11.8. The standard InChI is InChI=1S/C12H18ClNOS/c13-10-4-6-12(7-5-10)15-8-2-1-3-11(14)9-16/h4-7,11,16H,1-3,8-9,14H2/t11-/m0/s1. The maximum absolute atomic E-state index is 5.77. The van der Waals surface area contributed by atoms with E-state index in [1.807, 2.05) is 24.3 Å². The van der Waals surface area contributed by atoms with E-state index in [-0.39, 0.29) is 6.04 Å². The second kappa shape index (κ2) is 7.82. The first-order valence-electron chi connectivity index (χ1n) is 5.47. The van der Waals surface area contributed by atoms with Crippen LogP contribution in [0.3, 0.4) is 0 Å². The molecule has 0 unspecified atom stereocenters. The van der Waals surface area contributed by atoms with Gasteiger partial charge in [0.25, 0.3) is 0 Å². The van der Waals surface area contributed by atoms with E-state index in [1.165, 1.54) is 0 Å². The lowest BCUT2D eigenvalue weighted by atomic mass is 10.1.